The molecular formula is C17H20FN3O. The summed E-state index contributed by atoms with van der Waals surface area (Å²) in [6.45, 7) is 0. The van der Waals surface area contributed by atoms with Gasteiger partial charge in [0.15, 0.2) is 5.82 Å². The second-order valence-electron chi connectivity index (χ2n) is 6.59. The van der Waals surface area contributed by atoms with E-state index in [2.05, 4.69) is 15.5 Å². The molecule has 2 unspecified atom stereocenters. The molecule has 0 amide bonds. The van der Waals surface area contributed by atoms with E-state index in [0.29, 0.717) is 30.2 Å². The van der Waals surface area contributed by atoms with Crippen molar-refractivity contribution in [3.63, 3.8) is 0 Å². The second kappa shape index (κ2) is 5.80. The molecule has 2 saturated heterocycles. The number of benzene rings is 1. The van der Waals surface area contributed by atoms with Crippen LogP contribution in [0.2, 0.25) is 0 Å². The Kier molecular flexibility index (Phi) is 3.66. The zero-order valence-corrected chi connectivity index (χ0v) is 12.5. The van der Waals surface area contributed by atoms with Crippen LogP contribution in [0.25, 0.3) is 0 Å². The van der Waals surface area contributed by atoms with E-state index >= 15 is 0 Å². The van der Waals surface area contributed by atoms with E-state index in [1.165, 1.54) is 37.8 Å². The summed E-state index contributed by atoms with van der Waals surface area (Å²) in [5, 5.41) is 7.68. The van der Waals surface area contributed by atoms with E-state index in [1.807, 2.05) is 6.07 Å². The normalized spacial score (nSPS) is 27.2. The molecule has 5 heteroatoms. The summed E-state index contributed by atoms with van der Waals surface area (Å²) in [7, 11) is 0. The molecular weight excluding hydrogens is 281 g/mol. The molecule has 2 aliphatic rings. The molecule has 1 N–H and O–H groups in total. The van der Waals surface area contributed by atoms with Crippen LogP contribution in [0.1, 0.15) is 43.0 Å². The minimum atomic E-state index is -0.230. The van der Waals surface area contributed by atoms with E-state index < -0.39 is 0 Å². The third kappa shape index (κ3) is 3.04. The van der Waals surface area contributed by atoms with Crippen LogP contribution >= 0.6 is 0 Å². The number of aromatic nitrogens is 2. The van der Waals surface area contributed by atoms with Gasteiger partial charge in [-0.25, -0.2) is 4.39 Å². The van der Waals surface area contributed by atoms with Crippen molar-refractivity contribution < 1.29 is 8.91 Å². The average Bonchev–Trinajstić information content (AvgIpc) is 3.06. The van der Waals surface area contributed by atoms with Gasteiger partial charge >= 0.3 is 0 Å². The molecule has 0 radical (unpaired) electrons. The van der Waals surface area contributed by atoms with Gasteiger partial charge in [0.1, 0.15) is 5.82 Å². The number of hydrogen-bond donors (Lipinski definition) is 1. The van der Waals surface area contributed by atoms with Crippen LogP contribution in [-0.4, -0.2) is 22.2 Å². The number of nitrogens with one attached hydrogen (secondary N) is 1. The fourth-order valence-electron chi connectivity index (χ4n) is 3.86. The summed E-state index contributed by atoms with van der Waals surface area (Å²) >= 11 is 0. The predicted octanol–water partition coefficient (Wildman–Crippen LogP) is 2.87. The lowest BCUT2D eigenvalue weighted by Gasteiger charge is -2.28. The van der Waals surface area contributed by atoms with E-state index in [0.717, 1.165) is 17.9 Å². The quantitative estimate of drug-likeness (QED) is 0.943. The second-order valence-corrected chi connectivity index (χ2v) is 6.59. The van der Waals surface area contributed by atoms with Gasteiger partial charge < -0.3 is 9.84 Å². The van der Waals surface area contributed by atoms with Gasteiger partial charge in [-0.05, 0) is 49.3 Å². The molecule has 2 bridgehead atoms. The summed E-state index contributed by atoms with van der Waals surface area (Å²) in [6.07, 6.45) is 6.39. The molecule has 1 aromatic carbocycles. The number of halogens is 1. The molecule has 2 fully saturated rings. The highest BCUT2D eigenvalue weighted by Crippen LogP contribution is 2.32. The maximum Gasteiger partial charge on any atom is 0.226 e. The highest BCUT2D eigenvalue weighted by molar-refractivity contribution is 5.19. The summed E-state index contributed by atoms with van der Waals surface area (Å²) in [6, 6.07) is 7.90. The predicted molar refractivity (Wildman–Crippen MR) is 79.9 cm³/mol. The highest BCUT2D eigenvalue weighted by atomic mass is 19.1. The van der Waals surface area contributed by atoms with E-state index in [1.54, 1.807) is 6.07 Å². The number of nitrogens with zero attached hydrogens (tertiary/aromatic N) is 2. The molecule has 4 nitrogen and oxygen atoms in total. The van der Waals surface area contributed by atoms with Crippen LogP contribution in [0.15, 0.2) is 28.8 Å². The first kappa shape index (κ1) is 13.9. The first-order chi connectivity index (χ1) is 10.7. The first-order valence-electron chi connectivity index (χ1n) is 8.06. The zero-order valence-electron chi connectivity index (χ0n) is 12.5. The molecule has 1 aromatic heterocycles. The van der Waals surface area contributed by atoms with Gasteiger partial charge in [-0.1, -0.05) is 17.3 Å². The molecule has 0 aliphatic carbocycles. The fraction of sp³-hybridized carbons (Fsp3) is 0.529. The van der Waals surface area contributed by atoms with Gasteiger partial charge in [-0.3, -0.25) is 0 Å². The van der Waals surface area contributed by atoms with Gasteiger partial charge in [-0.2, -0.15) is 4.98 Å². The Bertz CT molecular complexity index is 645. The summed E-state index contributed by atoms with van der Waals surface area (Å²) in [5.74, 6) is 1.77. The largest absolute Gasteiger partial charge is 0.339 e. The molecule has 2 aliphatic heterocycles. The topological polar surface area (TPSA) is 51.0 Å². The van der Waals surface area contributed by atoms with Crippen molar-refractivity contribution in [3.8, 4) is 0 Å². The Morgan fingerprint density at radius 1 is 1.23 bits per heavy atom. The average molecular weight is 301 g/mol. The van der Waals surface area contributed by atoms with Gasteiger partial charge in [-0.15, -0.1) is 0 Å². The fourth-order valence-corrected chi connectivity index (χ4v) is 3.86. The van der Waals surface area contributed by atoms with E-state index in [-0.39, 0.29) is 5.82 Å². The lowest BCUT2D eigenvalue weighted by molar-refractivity contribution is 0.270. The molecule has 22 heavy (non-hydrogen) atoms. The monoisotopic (exact) mass is 301 g/mol. The van der Waals surface area contributed by atoms with Crippen LogP contribution in [0.5, 0.6) is 0 Å². The number of rotatable bonds is 4. The number of hydrogen-bond acceptors (Lipinski definition) is 4. The number of piperidine rings is 1. The van der Waals surface area contributed by atoms with Gasteiger partial charge in [0.05, 0.1) is 0 Å². The SMILES string of the molecule is Fc1cccc(Cc2noc(CC3CC4CCC(C3)N4)n2)c1. The Balaban J connectivity index is 1.39. The minimum absolute atomic E-state index is 0.230. The Morgan fingerprint density at radius 3 is 2.82 bits per heavy atom. The van der Waals surface area contributed by atoms with Crippen molar-refractivity contribution in [1.29, 1.82) is 0 Å². The van der Waals surface area contributed by atoms with Crippen LogP contribution < -0.4 is 5.32 Å². The maximum absolute atomic E-state index is 13.2. The van der Waals surface area contributed by atoms with Crippen molar-refractivity contribution >= 4 is 0 Å². The van der Waals surface area contributed by atoms with Crippen LogP contribution in [0, 0.1) is 11.7 Å². The summed E-state index contributed by atoms with van der Waals surface area (Å²) in [4.78, 5) is 4.48. The molecule has 2 atom stereocenters. The smallest absolute Gasteiger partial charge is 0.226 e. The Hall–Kier alpha value is -1.75. The van der Waals surface area contributed by atoms with Gasteiger partial charge in [0, 0.05) is 24.9 Å². The van der Waals surface area contributed by atoms with Crippen molar-refractivity contribution in [2.24, 2.45) is 5.92 Å². The third-order valence-electron chi connectivity index (χ3n) is 4.80. The van der Waals surface area contributed by atoms with Gasteiger partial charge in [0.25, 0.3) is 0 Å². The van der Waals surface area contributed by atoms with Crippen LogP contribution in [-0.2, 0) is 12.8 Å². The lowest BCUT2D eigenvalue weighted by atomic mass is 9.90. The van der Waals surface area contributed by atoms with Gasteiger partial charge in [0.2, 0.25) is 5.89 Å². The van der Waals surface area contributed by atoms with Crippen LogP contribution in [0.4, 0.5) is 4.39 Å². The molecule has 4 rings (SSSR count). The molecule has 2 aromatic rings. The minimum Gasteiger partial charge on any atom is -0.339 e. The highest BCUT2D eigenvalue weighted by Gasteiger charge is 2.34. The van der Waals surface area contributed by atoms with Crippen molar-refractivity contribution in [3.05, 3.63) is 47.4 Å². The van der Waals surface area contributed by atoms with Crippen molar-refractivity contribution in [1.82, 2.24) is 15.5 Å². The summed E-state index contributed by atoms with van der Waals surface area (Å²) < 4.78 is 18.6. The molecule has 116 valence electrons. The van der Waals surface area contributed by atoms with Crippen molar-refractivity contribution in [2.45, 2.75) is 50.6 Å². The lowest BCUT2D eigenvalue weighted by Crippen LogP contribution is -2.38. The Labute approximate surface area is 129 Å². The van der Waals surface area contributed by atoms with E-state index in [9.17, 15) is 4.39 Å². The van der Waals surface area contributed by atoms with Crippen molar-refractivity contribution in [2.75, 3.05) is 0 Å². The Morgan fingerprint density at radius 2 is 2.05 bits per heavy atom. The van der Waals surface area contributed by atoms with Crippen LogP contribution in [0.3, 0.4) is 0 Å². The first-order valence-corrected chi connectivity index (χ1v) is 8.06. The van der Waals surface area contributed by atoms with E-state index in [4.69, 9.17) is 4.52 Å². The number of fused-ring (bicyclic) bond motifs is 2. The molecule has 0 spiro atoms. The standard InChI is InChI=1S/C17H20FN3O/c18-13-3-1-2-11(6-13)9-16-20-17(22-21-16)10-12-7-14-4-5-15(8-12)19-14/h1-3,6,12,14-15,19H,4-5,7-10H2. The molecule has 3 heterocycles. The third-order valence-corrected chi connectivity index (χ3v) is 4.80. The molecule has 0 saturated carbocycles. The summed E-state index contributed by atoms with van der Waals surface area (Å²) in [5.41, 5.74) is 0.868. The zero-order chi connectivity index (χ0) is 14.9. The maximum atomic E-state index is 13.2.